The van der Waals surface area contributed by atoms with E-state index in [0.29, 0.717) is 42.6 Å². The van der Waals surface area contributed by atoms with Crippen LogP contribution in [0.4, 0.5) is 0 Å². The van der Waals surface area contributed by atoms with Crippen molar-refractivity contribution in [2.75, 3.05) is 27.3 Å². The molecular formula is C17H23NO5. The molecule has 1 saturated carbocycles. The van der Waals surface area contributed by atoms with Gasteiger partial charge in [-0.15, -0.1) is 0 Å². The SMILES string of the molecule is COc1ccc(C(=O)N(C)CCCC(=O)O)c(OCC2CC2)c1. The van der Waals surface area contributed by atoms with Gasteiger partial charge in [-0.2, -0.15) is 0 Å². The van der Waals surface area contributed by atoms with Gasteiger partial charge in [0.2, 0.25) is 0 Å². The second kappa shape index (κ2) is 7.85. The quantitative estimate of drug-likeness (QED) is 0.756. The van der Waals surface area contributed by atoms with Gasteiger partial charge in [0.1, 0.15) is 11.5 Å². The highest BCUT2D eigenvalue weighted by atomic mass is 16.5. The summed E-state index contributed by atoms with van der Waals surface area (Å²) in [5.41, 5.74) is 0.476. The summed E-state index contributed by atoms with van der Waals surface area (Å²) in [6, 6.07) is 5.14. The molecule has 2 rings (SSSR count). The van der Waals surface area contributed by atoms with Gasteiger partial charge in [-0.3, -0.25) is 9.59 Å². The number of amides is 1. The van der Waals surface area contributed by atoms with Crippen LogP contribution in [-0.4, -0.2) is 49.2 Å². The first-order chi connectivity index (χ1) is 11.0. The van der Waals surface area contributed by atoms with Gasteiger partial charge < -0.3 is 19.5 Å². The Hall–Kier alpha value is -2.24. The number of aliphatic carboxylic acids is 1. The maximum Gasteiger partial charge on any atom is 0.303 e. The average molecular weight is 321 g/mol. The van der Waals surface area contributed by atoms with Crippen molar-refractivity contribution in [3.05, 3.63) is 23.8 Å². The summed E-state index contributed by atoms with van der Waals surface area (Å²) in [6.07, 6.45) is 2.81. The maximum absolute atomic E-state index is 12.6. The molecule has 1 aliphatic carbocycles. The lowest BCUT2D eigenvalue weighted by Gasteiger charge is -2.19. The number of nitrogens with zero attached hydrogens (tertiary/aromatic N) is 1. The van der Waals surface area contributed by atoms with Crippen molar-refractivity contribution < 1.29 is 24.2 Å². The molecule has 0 aromatic heterocycles. The first-order valence-electron chi connectivity index (χ1n) is 7.79. The number of rotatable bonds is 9. The predicted molar refractivity (Wildman–Crippen MR) is 85.0 cm³/mol. The van der Waals surface area contributed by atoms with Crippen molar-refractivity contribution in [1.82, 2.24) is 4.90 Å². The minimum atomic E-state index is -0.858. The molecule has 1 aromatic rings. The molecule has 0 bridgehead atoms. The van der Waals surface area contributed by atoms with Gasteiger partial charge in [0, 0.05) is 26.1 Å². The fourth-order valence-electron chi connectivity index (χ4n) is 2.19. The summed E-state index contributed by atoms with van der Waals surface area (Å²) in [4.78, 5) is 24.6. The van der Waals surface area contributed by atoms with Crippen LogP contribution in [0.25, 0.3) is 0 Å². The van der Waals surface area contributed by atoms with Gasteiger partial charge in [-0.05, 0) is 37.3 Å². The van der Waals surface area contributed by atoms with Gasteiger partial charge in [0.15, 0.2) is 0 Å². The van der Waals surface area contributed by atoms with E-state index in [1.54, 1.807) is 32.4 Å². The van der Waals surface area contributed by atoms with Crippen molar-refractivity contribution in [2.45, 2.75) is 25.7 Å². The molecule has 126 valence electrons. The summed E-state index contributed by atoms with van der Waals surface area (Å²) >= 11 is 0. The van der Waals surface area contributed by atoms with Crippen LogP contribution < -0.4 is 9.47 Å². The van der Waals surface area contributed by atoms with E-state index in [0.717, 1.165) is 0 Å². The Morgan fingerprint density at radius 2 is 2.09 bits per heavy atom. The minimum absolute atomic E-state index is 0.0469. The minimum Gasteiger partial charge on any atom is -0.497 e. The number of carboxylic acids is 1. The number of hydrogen-bond acceptors (Lipinski definition) is 4. The van der Waals surface area contributed by atoms with Crippen molar-refractivity contribution in [1.29, 1.82) is 0 Å². The van der Waals surface area contributed by atoms with Crippen molar-refractivity contribution >= 4 is 11.9 Å². The highest BCUT2D eigenvalue weighted by molar-refractivity contribution is 5.97. The molecule has 0 atom stereocenters. The zero-order valence-electron chi connectivity index (χ0n) is 13.6. The molecule has 1 fully saturated rings. The van der Waals surface area contributed by atoms with Crippen LogP contribution in [0.3, 0.4) is 0 Å². The molecule has 1 N–H and O–H groups in total. The summed E-state index contributed by atoms with van der Waals surface area (Å²) in [7, 11) is 3.23. The van der Waals surface area contributed by atoms with Crippen LogP contribution in [-0.2, 0) is 4.79 Å². The summed E-state index contributed by atoms with van der Waals surface area (Å²) < 4.78 is 11.0. The molecule has 6 nitrogen and oxygen atoms in total. The predicted octanol–water partition coefficient (Wildman–Crippen LogP) is 2.42. The normalized spacial score (nSPS) is 13.5. The molecule has 0 saturated heterocycles. The van der Waals surface area contributed by atoms with Gasteiger partial charge in [-0.25, -0.2) is 0 Å². The maximum atomic E-state index is 12.6. The van der Waals surface area contributed by atoms with Crippen LogP contribution in [0.5, 0.6) is 11.5 Å². The zero-order chi connectivity index (χ0) is 16.8. The molecule has 6 heteroatoms. The summed E-state index contributed by atoms with van der Waals surface area (Å²) in [6.45, 7) is 0.995. The van der Waals surface area contributed by atoms with E-state index in [1.165, 1.54) is 17.7 Å². The highest BCUT2D eigenvalue weighted by Gasteiger charge is 2.24. The van der Waals surface area contributed by atoms with Crippen LogP contribution >= 0.6 is 0 Å². The van der Waals surface area contributed by atoms with E-state index in [2.05, 4.69) is 0 Å². The van der Waals surface area contributed by atoms with E-state index < -0.39 is 5.97 Å². The molecule has 0 radical (unpaired) electrons. The molecule has 0 aliphatic heterocycles. The lowest BCUT2D eigenvalue weighted by Crippen LogP contribution is -2.28. The molecule has 1 aromatic carbocycles. The van der Waals surface area contributed by atoms with Crippen molar-refractivity contribution in [3.8, 4) is 11.5 Å². The third-order valence-electron chi connectivity index (χ3n) is 3.82. The molecule has 0 heterocycles. The molecule has 1 amide bonds. The van der Waals surface area contributed by atoms with Crippen LogP contribution in [0.1, 0.15) is 36.0 Å². The van der Waals surface area contributed by atoms with Crippen molar-refractivity contribution in [2.24, 2.45) is 5.92 Å². The second-order valence-electron chi connectivity index (χ2n) is 5.84. The molecule has 23 heavy (non-hydrogen) atoms. The number of methoxy groups -OCH3 is 1. The van der Waals surface area contributed by atoms with Gasteiger partial charge in [-0.1, -0.05) is 0 Å². The summed E-state index contributed by atoms with van der Waals surface area (Å²) in [5.74, 6) is 0.706. The molecule has 1 aliphatic rings. The molecule has 0 unspecified atom stereocenters. The topological polar surface area (TPSA) is 76.1 Å². The Labute approximate surface area is 136 Å². The number of hydrogen-bond donors (Lipinski definition) is 1. The molecular weight excluding hydrogens is 298 g/mol. The number of carbonyl (C=O) groups is 2. The van der Waals surface area contributed by atoms with E-state index in [4.69, 9.17) is 14.6 Å². The smallest absolute Gasteiger partial charge is 0.303 e. The standard InChI is InChI=1S/C17H23NO5/c1-18(9-3-4-16(19)20)17(21)14-8-7-13(22-2)10-15(14)23-11-12-5-6-12/h7-8,10,12H,3-6,9,11H2,1-2H3,(H,19,20). The third-order valence-corrected chi connectivity index (χ3v) is 3.82. The Bertz CT molecular complexity index is 568. The van der Waals surface area contributed by atoms with Crippen LogP contribution in [0.15, 0.2) is 18.2 Å². The van der Waals surface area contributed by atoms with E-state index >= 15 is 0 Å². The lowest BCUT2D eigenvalue weighted by molar-refractivity contribution is -0.137. The second-order valence-corrected chi connectivity index (χ2v) is 5.84. The number of carboxylic acid groups (broad SMARTS) is 1. The van der Waals surface area contributed by atoms with Crippen molar-refractivity contribution in [3.63, 3.8) is 0 Å². The van der Waals surface area contributed by atoms with Crippen LogP contribution in [0, 0.1) is 5.92 Å². The average Bonchev–Trinajstić information content (AvgIpc) is 3.35. The summed E-state index contributed by atoms with van der Waals surface area (Å²) in [5, 5.41) is 8.67. The van der Waals surface area contributed by atoms with E-state index in [-0.39, 0.29) is 12.3 Å². The number of ether oxygens (including phenoxy) is 2. The highest BCUT2D eigenvalue weighted by Crippen LogP contribution is 2.32. The van der Waals surface area contributed by atoms with Gasteiger partial charge >= 0.3 is 5.97 Å². The fourth-order valence-corrected chi connectivity index (χ4v) is 2.19. The third kappa shape index (κ3) is 5.16. The lowest BCUT2D eigenvalue weighted by atomic mass is 10.1. The van der Waals surface area contributed by atoms with Crippen LogP contribution in [0.2, 0.25) is 0 Å². The van der Waals surface area contributed by atoms with E-state index in [1.807, 2.05) is 0 Å². The Morgan fingerprint density at radius 1 is 1.35 bits per heavy atom. The fraction of sp³-hybridized carbons (Fsp3) is 0.529. The Morgan fingerprint density at radius 3 is 2.70 bits per heavy atom. The van der Waals surface area contributed by atoms with Gasteiger partial charge in [0.05, 0.1) is 19.3 Å². The van der Waals surface area contributed by atoms with Gasteiger partial charge in [0.25, 0.3) is 5.91 Å². The Balaban J connectivity index is 2.05. The number of carbonyl (C=O) groups excluding carboxylic acids is 1. The monoisotopic (exact) mass is 321 g/mol. The number of benzene rings is 1. The first-order valence-corrected chi connectivity index (χ1v) is 7.79. The van der Waals surface area contributed by atoms with E-state index in [9.17, 15) is 9.59 Å². The molecule has 0 spiro atoms. The Kier molecular flexibility index (Phi) is 5.84. The largest absolute Gasteiger partial charge is 0.497 e. The zero-order valence-corrected chi connectivity index (χ0v) is 13.6. The first kappa shape index (κ1) is 17.1.